The van der Waals surface area contributed by atoms with E-state index < -0.39 is 10.0 Å². The molecule has 0 unspecified atom stereocenters. The van der Waals surface area contributed by atoms with Crippen LogP contribution in [0.1, 0.15) is 5.56 Å². The minimum Gasteiger partial charge on any atom is -0.268 e. The van der Waals surface area contributed by atoms with Crippen molar-refractivity contribution in [2.45, 2.75) is 12.1 Å². The van der Waals surface area contributed by atoms with Gasteiger partial charge in [0.2, 0.25) is 10.0 Å². The summed E-state index contributed by atoms with van der Waals surface area (Å²) in [5, 5.41) is 1.55. The van der Waals surface area contributed by atoms with Gasteiger partial charge < -0.3 is 0 Å². The lowest BCUT2D eigenvalue weighted by atomic mass is 10.2. The Bertz CT molecular complexity index is 1160. The lowest BCUT2D eigenvalue weighted by molar-refractivity contribution is 0.590. The maximum atomic E-state index is 13.2. The van der Waals surface area contributed by atoms with Crippen LogP contribution in [0.2, 0.25) is 5.02 Å². The fourth-order valence-electron chi connectivity index (χ4n) is 2.63. The van der Waals surface area contributed by atoms with Crippen LogP contribution in [0.5, 0.6) is 0 Å². The fraction of sp³-hybridized carbons (Fsp3) is 0.222. The number of fused-ring (bicyclic) bond motifs is 1. The smallest absolute Gasteiger partial charge is 0.266 e. The Balaban J connectivity index is 2.10. The number of benzene rings is 2. The van der Waals surface area contributed by atoms with Crippen molar-refractivity contribution in [1.82, 2.24) is 14.3 Å². The first-order valence-corrected chi connectivity index (χ1v) is 11.4. The lowest BCUT2D eigenvalue weighted by Gasteiger charge is -2.15. The predicted octanol–water partition coefficient (Wildman–Crippen LogP) is 2.99. The summed E-state index contributed by atoms with van der Waals surface area (Å²) in [6.07, 6.45) is 1.11. The highest BCUT2D eigenvalue weighted by Crippen LogP contribution is 2.26. The van der Waals surface area contributed by atoms with E-state index in [4.69, 9.17) is 11.6 Å². The Morgan fingerprint density at radius 2 is 1.93 bits per heavy atom. The molecule has 0 spiro atoms. The Hall–Kier alpha value is -1.87. The molecule has 142 valence electrons. The second kappa shape index (κ2) is 8.02. The number of rotatable bonds is 6. The summed E-state index contributed by atoms with van der Waals surface area (Å²) in [7, 11) is -3.27. The molecule has 1 aromatic heterocycles. The molecule has 0 saturated carbocycles. The number of sulfonamides is 1. The van der Waals surface area contributed by atoms with Crippen LogP contribution in [-0.2, 0) is 10.0 Å². The van der Waals surface area contributed by atoms with Crippen LogP contribution in [-0.4, -0.2) is 36.5 Å². The quantitative estimate of drug-likeness (QED) is 0.374. The zero-order valence-corrected chi connectivity index (χ0v) is 17.2. The van der Waals surface area contributed by atoms with E-state index in [1.54, 1.807) is 30.3 Å². The van der Waals surface area contributed by atoms with Gasteiger partial charge in [-0.1, -0.05) is 41.6 Å². The molecule has 0 aliphatic carbocycles. The van der Waals surface area contributed by atoms with Crippen LogP contribution in [0.3, 0.4) is 0 Å². The number of thioether (sulfide) groups is 1. The van der Waals surface area contributed by atoms with Gasteiger partial charge in [0.25, 0.3) is 5.56 Å². The summed E-state index contributed by atoms with van der Waals surface area (Å²) in [6.45, 7) is 2.08. The zero-order chi connectivity index (χ0) is 19.6. The highest BCUT2D eigenvalue weighted by molar-refractivity contribution is 7.99. The first-order chi connectivity index (χ1) is 12.8. The molecule has 2 aromatic carbocycles. The number of para-hydroxylation sites is 1. The summed E-state index contributed by atoms with van der Waals surface area (Å²) >= 11 is 7.55. The molecular formula is C18H18ClN3O3S2. The van der Waals surface area contributed by atoms with Crippen LogP contribution in [0, 0.1) is 6.92 Å². The van der Waals surface area contributed by atoms with Gasteiger partial charge in [0.05, 0.1) is 22.8 Å². The summed E-state index contributed by atoms with van der Waals surface area (Å²) in [5.74, 6) is 0.428. The van der Waals surface area contributed by atoms with Crippen molar-refractivity contribution < 1.29 is 8.42 Å². The molecule has 0 aliphatic heterocycles. The van der Waals surface area contributed by atoms with Gasteiger partial charge in [-0.2, -0.15) is 0 Å². The van der Waals surface area contributed by atoms with Crippen molar-refractivity contribution in [3.05, 3.63) is 63.4 Å². The minimum atomic E-state index is -3.27. The van der Waals surface area contributed by atoms with Crippen molar-refractivity contribution in [1.29, 1.82) is 0 Å². The third-order valence-corrected chi connectivity index (χ3v) is 6.00. The van der Waals surface area contributed by atoms with Crippen molar-refractivity contribution >= 4 is 44.3 Å². The number of halogens is 1. The van der Waals surface area contributed by atoms with E-state index in [1.165, 1.54) is 16.3 Å². The van der Waals surface area contributed by atoms with E-state index in [2.05, 4.69) is 9.71 Å². The number of hydrogen-bond donors (Lipinski definition) is 1. The number of nitrogens with one attached hydrogen (secondary N) is 1. The maximum Gasteiger partial charge on any atom is 0.266 e. The topological polar surface area (TPSA) is 81.1 Å². The third kappa shape index (κ3) is 4.52. The molecule has 0 fully saturated rings. The molecular weight excluding hydrogens is 406 g/mol. The molecule has 6 nitrogen and oxygen atoms in total. The van der Waals surface area contributed by atoms with E-state index >= 15 is 0 Å². The van der Waals surface area contributed by atoms with Gasteiger partial charge >= 0.3 is 0 Å². The van der Waals surface area contributed by atoms with Gasteiger partial charge in [0.15, 0.2) is 5.16 Å². The molecule has 27 heavy (non-hydrogen) atoms. The van der Waals surface area contributed by atoms with Gasteiger partial charge in [0, 0.05) is 17.3 Å². The average molecular weight is 424 g/mol. The highest BCUT2D eigenvalue weighted by atomic mass is 35.5. The van der Waals surface area contributed by atoms with Crippen LogP contribution >= 0.6 is 23.4 Å². The Morgan fingerprint density at radius 3 is 2.67 bits per heavy atom. The maximum absolute atomic E-state index is 13.2. The second-order valence-electron chi connectivity index (χ2n) is 5.95. The van der Waals surface area contributed by atoms with Crippen LogP contribution < -0.4 is 10.3 Å². The molecule has 0 aliphatic rings. The van der Waals surface area contributed by atoms with E-state index in [-0.39, 0.29) is 12.1 Å². The van der Waals surface area contributed by atoms with E-state index in [0.717, 1.165) is 11.8 Å². The molecule has 0 saturated heterocycles. The molecule has 9 heteroatoms. The lowest BCUT2D eigenvalue weighted by Crippen LogP contribution is -2.25. The van der Waals surface area contributed by atoms with Crippen molar-refractivity contribution in [2.75, 3.05) is 18.6 Å². The average Bonchev–Trinajstić information content (AvgIpc) is 2.61. The molecule has 0 atom stereocenters. The Morgan fingerprint density at radius 1 is 1.19 bits per heavy atom. The Labute approximate surface area is 166 Å². The fourth-order valence-corrected chi connectivity index (χ4v) is 4.26. The van der Waals surface area contributed by atoms with Gasteiger partial charge in [-0.25, -0.2) is 18.1 Å². The first kappa shape index (κ1) is 19.9. The molecule has 1 N–H and O–H groups in total. The highest BCUT2D eigenvalue weighted by Gasteiger charge is 2.15. The van der Waals surface area contributed by atoms with Crippen molar-refractivity contribution in [3.8, 4) is 5.69 Å². The summed E-state index contributed by atoms with van der Waals surface area (Å²) in [6, 6.07) is 12.5. The second-order valence-corrected chi connectivity index (χ2v) is 9.25. The summed E-state index contributed by atoms with van der Waals surface area (Å²) in [5.41, 5.74) is 1.83. The monoisotopic (exact) mass is 423 g/mol. The SMILES string of the molecule is Cc1c(Cl)cccc1-n1c(SCCNS(C)(=O)=O)nc2ccccc2c1=O. The van der Waals surface area contributed by atoms with Gasteiger partial charge in [0.1, 0.15) is 0 Å². The number of aromatic nitrogens is 2. The van der Waals surface area contributed by atoms with Crippen LogP contribution in [0.15, 0.2) is 52.4 Å². The Kier molecular flexibility index (Phi) is 5.90. The molecule has 0 bridgehead atoms. The summed E-state index contributed by atoms with van der Waals surface area (Å²) in [4.78, 5) is 17.8. The third-order valence-electron chi connectivity index (χ3n) is 3.92. The standard InChI is InChI=1S/C18H18ClN3O3S2/c1-12-14(19)7-5-9-16(12)22-17(23)13-6-3-4-8-15(13)21-18(22)26-11-10-20-27(2,24)25/h3-9,20H,10-11H2,1-2H3. The molecule has 3 aromatic rings. The number of nitrogens with zero attached hydrogens (tertiary/aromatic N) is 2. The molecule has 0 radical (unpaired) electrons. The minimum absolute atomic E-state index is 0.190. The van der Waals surface area contributed by atoms with Crippen molar-refractivity contribution in [2.24, 2.45) is 0 Å². The van der Waals surface area contributed by atoms with Gasteiger partial charge in [-0.05, 0) is 36.8 Å². The summed E-state index contributed by atoms with van der Waals surface area (Å²) < 4.78 is 26.4. The molecule has 3 rings (SSSR count). The van der Waals surface area contributed by atoms with Crippen LogP contribution in [0.25, 0.3) is 16.6 Å². The van der Waals surface area contributed by atoms with E-state index in [1.807, 2.05) is 19.1 Å². The zero-order valence-electron chi connectivity index (χ0n) is 14.8. The first-order valence-electron chi connectivity index (χ1n) is 8.12. The van der Waals surface area contributed by atoms with E-state index in [0.29, 0.717) is 32.5 Å². The van der Waals surface area contributed by atoms with Crippen molar-refractivity contribution in [3.63, 3.8) is 0 Å². The normalized spacial score (nSPS) is 11.8. The van der Waals surface area contributed by atoms with Gasteiger partial charge in [-0.3, -0.25) is 9.36 Å². The van der Waals surface area contributed by atoms with E-state index in [9.17, 15) is 13.2 Å². The predicted molar refractivity (Wildman–Crippen MR) is 111 cm³/mol. The molecule has 1 heterocycles. The van der Waals surface area contributed by atoms with Gasteiger partial charge in [-0.15, -0.1) is 0 Å². The largest absolute Gasteiger partial charge is 0.268 e. The molecule has 0 amide bonds. The van der Waals surface area contributed by atoms with Crippen LogP contribution in [0.4, 0.5) is 0 Å². The number of hydrogen-bond acceptors (Lipinski definition) is 5.